The van der Waals surface area contributed by atoms with E-state index in [0.29, 0.717) is 12.3 Å². The van der Waals surface area contributed by atoms with Gasteiger partial charge in [-0.1, -0.05) is 11.6 Å². The van der Waals surface area contributed by atoms with Crippen molar-refractivity contribution in [3.63, 3.8) is 0 Å². The Bertz CT molecular complexity index is 417. The number of hydrogen-bond acceptors (Lipinski definition) is 3. The van der Waals surface area contributed by atoms with Gasteiger partial charge in [0.2, 0.25) is 5.91 Å². The third-order valence-electron chi connectivity index (χ3n) is 3.26. The van der Waals surface area contributed by atoms with Crippen LogP contribution in [0.4, 0.5) is 0 Å². The van der Waals surface area contributed by atoms with Gasteiger partial charge in [0.05, 0.1) is 4.34 Å². The maximum Gasteiger partial charge on any atom is 0.222 e. The molecule has 1 saturated heterocycles. The maximum absolute atomic E-state index is 11.9. The van der Waals surface area contributed by atoms with E-state index in [1.807, 2.05) is 11.0 Å². The normalized spacial score (nSPS) is 16.8. The molecule has 1 aromatic heterocycles. The van der Waals surface area contributed by atoms with Crippen LogP contribution in [0.5, 0.6) is 0 Å². The highest BCUT2D eigenvalue weighted by Crippen LogP contribution is 2.23. The van der Waals surface area contributed by atoms with Gasteiger partial charge in [-0.05, 0) is 18.6 Å². The second kappa shape index (κ2) is 7.48. The lowest BCUT2D eigenvalue weighted by molar-refractivity contribution is -0.133. The summed E-state index contributed by atoms with van der Waals surface area (Å²) < 4.78 is 0.838. The number of nitrogens with zero attached hydrogens (tertiary/aromatic N) is 2. The number of alkyl halides is 1. The van der Waals surface area contributed by atoms with E-state index in [9.17, 15) is 4.79 Å². The molecular weight excluding hydrogens is 303 g/mol. The van der Waals surface area contributed by atoms with Gasteiger partial charge in [-0.2, -0.15) is 0 Å². The molecule has 1 aliphatic rings. The molecule has 1 aromatic rings. The van der Waals surface area contributed by atoms with Crippen molar-refractivity contribution >= 4 is 40.4 Å². The van der Waals surface area contributed by atoms with Crippen molar-refractivity contribution in [1.29, 1.82) is 0 Å². The van der Waals surface area contributed by atoms with Crippen LogP contribution >= 0.6 is 34.5 Å². The summed E-state index contributed by atoms with van der Waals surface area (Å²) in [5.74, 6) is 0.796. The van der Waals surface area contributed by atoms with E-state index in [1.54, 1.807) is 11.3 Å². The summed E-state index contributed by atoms with van der Waals surface area (Å²) in [6.45, 7) is 4.44. The molecule has 106 valence electrons. The minimum absolute atomic E-state index is 0.236. The van der Waals surface area contributed by atoms with Crippen LogP contribution in [0.1, 0.15) is 17.7 Å². The van der Waals surface area contributed by atoms with Crippen molar-refractivity contribution in [2.75, 3.05) is 32.1 Å². The summed E-state index contributed by atoms with van der Waals surface area (Å²) in [7, 11) is 0. The number of carbonyl (C=O) groups is 1. The lowest BCUT2D eigenvalue weighted by Crippen LogP contribution is -2.48. The topological polar surface area (TPSA) is 23.6 Å². The van der Waals surface area contributed by atoms with Crippen molar-refractivity contribution < 1.29 is 4.79 Å². The standard InChI is InChI=1S/C13H18Cl2N2OS/c14-5-1-2-13(18)17-8-6-16(7-9-17)10-11-3-4-12(15)19-11/h3-4H,1-2,5-10H2. The van der Waals surface area contributed by atoms with Gasteiger partial charge in [-0.3, -0.25) is 9.69 Å². The fourth-order valence-electron chi connectivity index (χ4n) is 2.19. The highest BCUT2D eigenvalue weighted by Gasteiger charge is 2.20. The van der Waals surface area contributed by atoms with E-state index in [-0.39, 0.29) is 5.91 Å². The molecule has 2 rings (SSSR count). The number of amides is 1. The summed E-state index contributed by atoms with van der Waals surface area (Å²) in [5, 5.41) is 0. The predicted molar refractivity (Wildman–Crippen MR) is 81.1 cm³/mol. The molecule has 0 unspecified atom stereocenters. The van der Waals surface area contributed by atoms with Gasteiger partial charge in [0.15, 0.2) is 0 Å². The monoisotopic (exact) mass is 320 g/mol. The quantitative estimate of drug-likeness (QED) is 0.778. The highest BCUT2D eigenvalue weighted by atomic mass is 35.5. The molecule has 1 aliphatic heterocycles. The third-order valence-corrected chi connectivity index (χ3v) is 4.74. The molecule has 1 fully saturated rings. The van der Waals surface area contributed by atoms with Gasteiger partial charge in [0.1, 0.15) is 0 Å². The summed E-state index contributed by atoms with van der Waals surface area (Å²) >= 11 is 13.2. The Balaban J connectivity index is 1.74. The maximum atomic E-state index is 11.9. The van der Waals surface area contributed by atoms with Gasteiger partial charge >= 0.3 is 0 Å². The zero-order valence-corrected chi connectivity index (χ0v) is 13.1. The largest absolute Gasteiger partial charge is 0.340 e. The number of carbonyl (C=O) groups excluding carboxylic acids is 1. The first-order valence-corrected chi connectivity index (χ1v) is 8.22. The summed E-state index contributed by atoms with van der Waals surface area (Å²) in [6.07, 6.45) is 1.35. The van der Waals surface area contributed by atoms with Crippen molar-refractivity contribution in [2.45, 2.75) is 19.4 Å². The molecule has 2 heterocycles. The average molecular weight is 321 g/mol. The molecule has 0 aromatic carbocycles. The van der Waals surface area contributed by atoms with Crippen molar-refractivity contribution in [2.24, 2.45) is 0 Å². The minimum Gasteiger partial charge on any atom is -0.340 e. The Labute approximate surface area is 128 Å². The molecule has 0 bridgehead atoms. The van der Waals surface area contributed by atoms with E-state index >= 15 is 0 Å². The van der Waals surface area contributed by atoms with E-state index in [2.05, 4.69) is 11.0 Å². The van der Waals surface area contributed by atoms with E-state index in [1.165, 1.54) is 4.88 Å². The van der Waals surface area contributed by atoms with Crippen molar-refractivity contribution in [1.82, 2.24) is 9.80 Å². The van der Waals surface area contributed by atoms with Gasteiger partial charge in [-0.25, -0.2) is 0 Å². The van der Waals surface area contributed by atoms with Crippen LogP contribution in [-0.2, 0) is 11.3 Å². The number of piperazine rings is 1. The Hall–Kier alpha value is -0.290. The molecule has 0 aliphatic carbocycles. The minimum atomic E-state index is 0.236. The van der Waals surface area contributed by atoms with Gasteiger partial charge in [0, 0.05) is 49.9 Å². The molecule has 0 N–H and O–H groups in total. The Morgan fingerprint density at radius 3 is 2.58 bits per heavy atom. The zero-order chi connectivity index (χ0) is 13.7. The predicted octanol–water partition coefficient (Wildman–Crippen LogP) is 3.06. The van der Waals surface area contributed by atoms with Crippen molar-refractivity contribution in [3.8, 4) is 0 Å². The van der Waals surface area contributed by atoms with Gasteiger partial charge in [-0.15, -0.1) is 22.9 Å². The summed E-state index contributed by atoms with van der Waals surface area (Å²) in [4.78, 5) is 17.5. The van der Waals surface area contributed by atoms with Crippen molar-refractivity contribution in [3.05, 3.63) is 21.3 Å². The molecule has 3 nitrogen and oxygen atoms in total. The summed E-state index contributed by atoms with van der Waals surface area (Å²) in [6, 6.07) is 4.01. The van der Waals surface area contributed by atoms with Crippen LogP contribution in [0.3, 0.4) is 0 Å². The lowest BCUT2D eigenvalue weighted by Gasteiger charge is -2.34. The molecule has 0 spiro atoms. The number of halogens is 2. The summed E-state index contributed by atoms with van der Waals surface area (Å²) in [5.41, 5.74) is 0. The van der Waals surface area contributed by atoms with Crippen LogP contribution in [0.25, 0.3) is 0 Å². The first-order chi connectivity index (χ1) is 9.19. The second-order valence-corrected chi connectivity index (χ2v) is 6.83. The van der Waals surface area contributed by atoms with Crippen LogP contribution in [-0.4, -0.2) is 47.8 Å². The highest BCUT2D eigenvalue weighted by molar-refractivity contribution is 7.16. The smallest absolute Gasteiger partial charge is 0.222 e. The molecule has 0 radical (unpaired) electrons. The molecule has 19 heavy (non-hydrogen) atoms. The fourth-order valence-corrected chi connectivity index (χ4v) is 3.45. The Kier molecular flexibility index (Phi) is 5.95. The third kappa shape index (κ3) is 4.63. The van der Waals surface area contributed by atoms with Crippen LogP contribution in [0, 0.1) is 0 Å². The molecule has 1 amide bonds. The molecular formula is C13H18Cl2N2OS. The van der Waals surface area contributed by atoms with Crippen LogP contribution < -0.4 is 0 Å². The fraction of sp³-hybridized carbons (Fsp3) is 0.615. The Morgan fingerprint density at radius 1 is 1.26 bits per heavy atom. The van der Waals surface area contributed by atoms with Crippen LogP contribution in [0.2, 0.25) is 4.34 Å². The van der Waals surface area contributed by atoms with E-state index < -0.39 is 0 Å². The molecule has 0 atom stereocenters. The van der Waals surface area contributed by atoms with E-state index in [0.717, 1.165) is 43.5 Å². The number of thiophene rings is 1. The lowest BCUT2D eigenvalue weighted by atomic mass is 10.2. The van der Waals surface area contributed by atoms with Gasteiger partial charge < -0.3 is 4.90 Å². The SMILES string of the molecule is O=C(CCCCl)N1CCN(Cc2ccc(Cl)s2)CC1. The average Bonchev–Trinajstić information content (AvgIpc) is 2.82. The first-order valence-electron chi connectivity index (χ1n) is 6.49. The first kappa shape index (κ1) is 15.1. The Morgan fingerprint density at radius 2 is 2.00 bits per heavy atom. The number of rotatable bonds is 5. The van der Waals surface area contributed by atoms with Gasteiger partial charge in [0.25, 0.3) is 0 Å². The number of hydrogen-bond donors (Lipinski definition) is 0. The zero-order valence-electron chi connectivity index (χ0n) is 10.8. The van der Waals surface area contributed by atoms with Crippen LogP contribution in [0.15, 0.2) is 12.1 Å². The van der Waals surface area contributed by atoms with E-state index in [4.69, 9.17) is 23.2 Å². The second-order valence-electron chi connectivity index (χ2n) is 4.66. The molecule has 6 heteroatoms. The molecule has 0 saturated carbocycles.